The predicted molar refractivity (Wildman–Crippen MR) is 57.2 cm³/mol. The van der Waals surface area contributed by atoms with Gasteiger partial charge in [-0.3, -0.25) is 0 Å². The molecule has 0 amide bonds. The Balaban J connectivity index is 4.02. The van der Waals surface area contributed by atoms with Crippen molar-refractivity contribution < 1.29 is 0 Å². The number of hydrogen-bond acceptors (Lipinski definition) is 0. The number of unbranched alkanes of at least 4 members (excludes halogenated alkanes) is 1. The lowest BCUT2D eigenvalue weighted by molar-refractivity contribution is 0.581. The lowest BCUT2D eigenvalue weighted by Gasteiger charge is -2.10. The molecule has 12 heavy (non-hydrogen) atoms. The molecule has 0 aliphatic rings. The predicted octanol–water partition coefficient (Wildman–Crippen LogP) is 4.11. The van der Waals surface area contributed by atoms with Crippen LogP contribution in [0, 0.1) is 5.92 Å². The minimum Gasteiger partial charge on any atom is -0.0991 e. The van der Waals surface area contributed by atoms with Crippen LogP contribution in [0.25, 0.3) is 0 Å². The van der Waals surface area contributed by atoms with Gasteiger partial charge in [-0.15, -0.1) is 0 Å². The molecule has 0 saturated heterocycles. The van der Waals surface area contributed by atoms with Gasteiger partial charge in [-0.1, -0.05) is 58.1 Å². The number of rotatable bonds is 6. The third-order valence-electron chi connectivity index (χ3n) is 2.11. The van der Waals surface area contributed by atoms with E-state index in [2.05, 4.69) is 27.0 Å². The molecule has 0 N–H and O–H groups in total. The van der Waals surface area contributed by atoms with Crippen LogP contribution >= 0.6 is 0 Å². The molecular weight excluding hydrogens is 144 g/mol. The van der Waals surface area contributed by atoms with Crippen molar-refractivity contribution in [3.8, 4) is 0 Å². The molecule has 0 aliphatic carbocycles. The normalized spacial score (nSPS) is 14.0. The minimum atomic E-state index is 0.625. The molecule has 0 heterocycles. The van der Waals surface area contributed by atoms with Gasteiger partial charge in [0, 0.05) is 0 Å². The number of allylic oxidation sites excluding steroid dienone is 4. The van der Waals surface area contributed by atoms with E-state index in [1.165, 1.54) is 24.8 Å². The molecule has 0 aliphatic heterocycles. The molecule has 1 unspecified atom stereocenters. The molecule has 0 aromatic rings. The average Bonchev–Trinajstić information content (AvgIpc) is 2.10. The third-order valence-corrected chi connectivity index (χ3v) is 2.11. The van der Waals surface area contributed by atoms with E-state index in [1.54, 1.807) is 0 Å². The summed E-state index contributed by atoms with van der Waals surface area (Å²) in [5.74, 6) is 0.625. The van der Waals surface area contributed by atoms with Gasteiger partial charge in [-0.05, 0) is 17.9 Å². The van der Waals surface area contributed by atoms with Crippen LogP contribution in [-0.2, 0) is 0 Å². The van der Waals surface area contributed by atoms with Crippen molar-refractivity contribution in [3.05, 3.63) is 37.0 Å². The topological polar surface area (TPSA) is 0 Å². The van der Waals surface area contributed by atoms with Crippen molar-refractivity contribution in [2.75, 3.05) is 0 Å². The van der Waals surface area contributed by atoms with Gasteiger partial charge in [-0.2, -0.15) is 0 Å². The fourth-order valence-electron chi connectivity index (χ4n) is 1.25. The Morgan fingerprint density at radius 3 is 2.50 bits per heavy atom. The molecule has 0 nitrogen and oxygen atoms in total. The van der Waals surface area contributed by atoms with Gasteiger partial charge in [0.05, 0.1) is 0 Å². The van der Waals surface area contributed by atoms with Crippen LogP contribution in [0.5, 0.6) is 0 Å². The standard InChI is InChI=1S/C12H20/c1-5-8-10-11(4)12(7-3)9-6-2/h6-7,9,11H,2-3,5,8,10H2,1,4H3/b12-9+. The Kier molecular flexibility index (Phi) is 6.45. The SMILES string of the molecule is C=C/C=C(\C=C)C(C)CCCC. The Bertz CT molecular complexity index is 163. The van der Waals surface area contributed by atoms with Crippen LogP contribution in [0.2, 0.25) is 0 Å². The molecule has 0 aromatic carbocycles. The smallest absolute Gasteiger partial charge is 0.0191 e. The average molecular weight is 164 g/mol. The van der Waals surface area contributed by atoms with E-state index in [0.717, 1.165) is 0 Å². The van der Waals surface area contributed by atoms with E-state index in [9.17, 15) is 0 Å². The van der Waals surface area contributed by atoms with Gasteiger partial charge in [-0.25, -0.2) is 0 Å². The summed E-state index contributed by atoms with van der Waals surface area (Å²) in [7, 11) is 0. The van der Waals surface area contributed by atoms with Crippen molar-refractivity contribution in [3.63, 3.8) is 0 Å². The minimum absolute atomic E-state index is 0.625. The zero-order chi connectivity index (χ0) is 9.40. The van der Waals surface area contributed by atoms with E-state index < -0.39 is 0 Å². The van der Waals surface area contributed by atoms with Gasteiger partial charge in [0.25, 0.3) is 0 Å². The second-order valence-corrected chi connectivity index (χ2v) is 3.15. The first-order valence-electron chi connectivity index (χ1n) is 4.71. The second kappa shape index (κ2) is 6.90. The lowest BCUT2D eigenvalue weighted by atomic mass is 9.95. The molecule has 0 heteroatoms. The largest absolute Gasteiger partial charge is 0.0991 e. The van der Waals surface area contributed by atoms with Crippen molar-refractivity contribution in [2.24, 2.45) is 5.92 Å². The van der Waals surface area contributed by atoms with Gasteiger partial charge >= 0.3 is 0 Å². The molecule has 0 saturated carbocycles. The zero-order valence-corrected chi connectivity index (χ0v) is 8.34. The first-order valence-corrected chi connectivity index (χ1v) is 4.71. The molecule has 68 valence electrons. The molecule has 1 atom stereocenters. The van der Waals surface area contributed by atoms with E-state index >= 15 is 0 Å². The van der Waals surface area contributed by atoms with Crippen LogP contribution in [0.3, 0.4) is 0 Å². The third kappa shape index (κ3) is 4.17. The Morgan fingerprint density at radius 1 is 1.42 bits per heavy atom. The molecule has 0 rings (SSSR count). The van der Waals surface area contributed by atoms with E-state index in [-0.39, 0.29) is 0 Å². The molecule has 0 radical (unpaired) electrons. The van der Waals surface area contributed by atoms with Crippen LogP contribution in [-0.4, -0.2) is 0 Å². The van der Waals surface area contributed by atoms with Gasteiger partial charge in [0.2, 0.25) is 0 Å². The monoisotopic (exact) mass is 164 g/mol. The summed E-state index contributed by atoms with van der Waals surface area (Å²) in [6.45, 7) is 11.9. The Morgan fingerprint density at radius 2 is 2.08 bits per heavy atom. The molecule has 0 bridgehead atoms. The van der Waals surface area contributed by atoms with Crippen LogP contribution in [0.4, 0.5) is 0 Å². The van der Waals surface area contributed by atoms with Gasteiger partial charge in [0.1, 0.15) is 0 Å². The summed E-state index contributed by atoms with van der Waals surface area (Å²) in [5.41, 5.74) is 1.30. The summed E-state index contributed by atoms with van der Waals surface area (Å²) in [4.78, 5) is 0. The van der Waals surface area contributed by atoms with Crippen LogP contribution < -0.4 is 0 Å². The molecular formula is C12H20. The first kappa shape index (κ1) is 11.2. The van der Waals surface area contributed by atoms with E-state index in [1.807, 2.05) is 18.2 Å². The number of hydrogen-bond donors (Lipinski definition) is 0. The quantitative estimate of drug-likeness (QED) is 0.518. The van der Waals surface area contributed by atoms with Gasteiger partial charge in [0.15, 0.2) is 0 Å². The van der Waals surface area contributed by atoms with Crippen LogP contribution in [0.1, 0.15) is 33.1 Å². The summed E-state index contributed by atoms with van der Waals surface area (Å²) in [6, 6.07) is 0. The zero-order valence-electron chi connectivity index (χ0n) is 8.34. The van der Waals surface area contributed by atoms with Crippen molar-refractivity contribution in [1.29, 1.82) is 0 Å². The summed E-state index contributed by atoms with van der Waals surface area (Å²) < 4.78 is 0. The lowest BCUT2D eigenvalue weighted by Crippen LogP contribution is -1.96. The maximum Gasteiger partial charge on any atom is -0.0191 e. The summed E-state index contributed by atoms with van der Waals surface area (Å²) in [6.07, 6.45) is 9.63. The fourth-order valence-corrected chi connectivity index (χ4v) is 1.25. The van der Waals surface area contributed by atoms with Crippen molar-refractivity contribution >= 4 is 0 Å². The molecule has 0 fully saturated rings. The van der Waals surface area contributed by atoms with Gasteiger partial charge < -0.3 is 0 Å². The van der Waals surface area contributed by atoms with Crippen molar-refractivity contribution in [1.82, 2.24) is 0 Å². The summed E-state index contributed by atoms with van der Waals surface area (Å²) in [5, 5.41) is 0. The maximum atomic E-state index is 3.79. The Labute approximate surface area is 76.7 Å². The van der Waals surface area contributed by atoms with Crippen molar-refractivity contribution in [2.45, 2.75) is 33.1 Å². The van der Waals surface area contributed by atoms with E-state index in [4.69, 9.17) is 0 Å². The molecule has 0 spiro atoms. The highest BCUT2D eigenvalue weighted by atomic mass is 14.1. The highest BCUT2D eigenvalue weighted by Gasteiger charge is 2.03. The first-order chi connectivity index (χ1) is 5.76. The Hall–Kier alpha value is -0.780. The summed E-state index contributed by atoms with van der Waals surface area (Å²) >= 11 is 0. The van der Waals surface area contributed by atoms with E-state index in [0.29, 0.717) is 5.92 Å². The maximum absolute atomic E-state index is 3.79. The highest BCUT2D eigenvalue weighted by Crippen LogP contribution is 2.18. The highest BCUT2D eigenvalue weighted by molar-refractivity contribution is 5.23. The fraction of sp³-hybridized carbons (Fsp3) is 0.500. The molecule has 0 aromatic heterocycles. The second-order valence-electron chi connectivity index (χ2n) is 3.15. The van der Waals surface area contributed by atoms with Crippen LogP contribution in [0.15, 0.2) is 37.0 Å².